The molecule has 7 heteroatoms. The summed E-state index contributed by atoms with van der Waals surface area (Å²) in [6.07, 6.45) is 5.90. The van der Waals surface area contributed by atoms with E-state index >= 15 is 0 Å². The van der Waals surface area contributed by atoms with E-state index in [0.717, 1.165) is 12.8 Å². The first-order valence-electron chi connectivity index (χ1n) is 11.7. The predicted molar refractivity (Wildman–Crippen MR) is 111 cm³/mol. The largest absolute Gasteiger partial charge is 0.452 e. The van der Waals surface area contributed by atoms with E-state index in [1.807, 2.05) is 0 Å². The lowest BCUT2D eigenvalue weighted by molar-refractivity contribution is -0.168. The molecule has 7 nitrogen and oxygen atoms in total. The van der Waals surface area contributed by atoms with Crippen LogP contribution >= 0.6 is 0 Å². The summed E-state index contributed by atoms with van der Waals surface area (Å²) in [5, 5.41) is 37.5. The van der Waals surface area contributed by atoms with Crippen LogP contribution in [0, 0.1) is 0 Å². The summed E-state index contributed by atoms with van der Waals surface area (Å²) in [6, 6.07) is 0. The number of aliphatic hydroxyl groups is 4. The Morgan fingerprint density at radius 3 is 1.93 bits per heavy atom. The summed E-state index contributed by atoms with van der Waals surface area (Å²) in [7, 11) is 0. The summed E-state index contributed by atoms with van der Waals surface area (Å²) in [5.74, 6) is -0.693. The normalized spacial score (nSPS) is 17.1. The molecule has 0 bridgehead atoms. The molecule has 5 atom stereocenters. The van der Waals surface area contributed by atoms with Crippen LogP contribution in [0.2, 0.25) is 0 Å². The first-order chi connectivity index (χ1) is 14.4. The average molecular weight is 420 g/mol. The van der Waals surface area contributed by atoms with Gasteiger partial charge in [0.2, 0.25) is 0 Å². The second kappa shape index (κ2) is 19.0. The molecule has 0 amide bonds. The highest BCUT2D eigenvalue weighted by molar-refractivity contribution is 5.72. The fraction of sp³-hybridized carbons (Fsp3) is 0.909. The molecule has 0 rings (SSSR count). The highest BCUT2D eigenvalue weighted by Gasteiger charge is 2.33. The summed E-state index contributed by atoms with van der Waals surface area (Å²) in [6.45, 7) is 1.41. The molecule has 172 valence electrons. The zero-order valence-electron chi connectivity index (χ0n) is 18.9. The highest BCUT2D eigenvalue weighted by atomic mass is 16.6. The summed E-state index contributed by atoms with van der Waals surface area (Å²) >= 11 is 0. The van der Waals surface area contributed by atoms with Gasteiger partial charge in [0.05, 0.1) is 6.61 Å². The van der Waals surface area contributed by atoms with Gasteiger partial charge in [0.1, 0.15) is 18.3 Å². The number of aliphatic hydroxyl groups excluding tert-OH is 4. The zero-order valence-corrected chi connectivity index (χ0v) is 17.9. The second-order valence-electron chi connectivity index (χ2n) is 7.62. The van der Waals surface area contributed by atoms with Crippen LogP contribution in [0.3, 0.4) is 0 Å². The van der Waals surface area contributed by atoms with Crippen LogP contribution < -0.4 is 0 Å². The van der Waals surface area contributed by atoms with Crippen molar-refractivity contribution in [1.29, 1.82) is 0 Å². The molecule has 0 saturated heterocycles. The number of hydrogen-bond donors (Lipinski definition) is 4. The van der Waals surface area contributed by atoms with Crippen molar-refractivity contribution in [2.75, 3.05) is 6.61 Å². The summed E-state index contributed by atoms with van der Waals surface area (Å²) in [5.41, 5.74) is 0. The van der Waals surface area contributed by atoms with Gasteiger partial charge in [-0.2, -0.15) is 0 Å². The number of esters is 1. The third kappa shape index (κ3) is 14.6. The van der Waals surface area contributed by atoms with Gasteiger partial charge in [0.25, 0.3) is 0 Å². The maximum absolute atomic E-state index is 11.8. The van der Waals surface area contributed by atoms with E-state index < -0.39 is 37.0 Å². The monoisotopic (exact) mass is 419 g/mol. The fourth-order valence-electron chi connectivity index (χ4n) is 3.04. The Morgan fingerprint density at radius 2 is 1.41 bits per heavy atom. The number of aldehydes is 1. The highest BCUT2D eigenvalue weighted by Crippen LogP contribution is 2.14. The molecule has 0 aliphatic carbocycles. The first kappa shape index (κ1) is 26.0. The maximum Gasteiger partial charge on any atom is 0.306 e. The Balaban J connectivity index is 3.85. The van der Waals surface area contributed by atoms with Crippen LogP contribution in [0.5, 0.6) is 0 Å². The maximum atomic E-state index is 11.8. The van der Waals surface area contributed by atoms with E-state index in [1.165, 1.54) is 44.9 Å². The molecule has 29 heavy (non-hydrogen) atoms. The molecule has 0 saturated carbocycles. The molecule has 0 radical (unpaired) electrons. The third-order valence-corrected chi connectivity index (χ3v) is 4.97. The number of ether oxygens (including phenoxy) is 1. The molecule has 0 aromatic rings. The minimum absolute atomic E-state index is 0.0419. The van der Waals surface area contributed by atoms with E-state index in [-0.39, 0.29) is 19.1 Å². The van der Waals surface area contributed by atoms with E-state index in [4.69, 9.17) is 11.2 Å². The standard InChI is InChI=1S/C22H42O7/c1-2-3-4-5-6-7-8-9-10-11-12-13-14-15-20(26)29-19(17-24)22(28)21(27)18(25)16-23/h17-19,21-23,25,27-28H,2-16H2,1H3/t18-,19+,21-,22-/m1/s1/i11D/t11?,18-,19+,21-,22-. The van der Waals surface area contributed by atoms with Gasteiger partial charge in [-0.15, -0.1) is 0 Å². The van der Waals surface area contributed by atoms with Crippen molar-refractivity contribution in [2.24, 2.45) is 0 Å². The van der Waals surface area contributed by atoms with Gasteiger partial charge < -0.3 is 25.2 Å². The fourth-order valence-corrected chi connectivity index (χ4v) is 3.04. The molecule has 0 fully saturated rings. The van der Waals surface area contributed by atoms with Crippen molar-refractivity contribution in [2.45, 2.75) is 121 Å². The van der Waals surface area contributed by atoms with Crippen LogP contribution in [-0.2, 0) is 14.3 Å². The van der Waals surface area contributed by atoms with Crippen molar-refractivity contribution in [3.8, 4) is 0 Å². The van der Waals surface area contributed by atoms with Crippen molar-refractivity contribution in [3.05, 3.63) is 0 Å². The molecular formula is C22H42O7. The topological polar surface area (TPSA) is 124 Å². The van der Waals surface area contributed by atoms with E-state index in [0.29, 0.717) is 19.3 Å². The Labute approximate surface area is 176 Å². The van der Waals surface area contributed by atoms with Crippen LogP contribution in [0.25, 0.3) is 0 Å². The molecule has 1 unspecified atom stereocenters. The molecule has 0 heterocycles. The van der Waals surface area contributed by atoms with Gasteiger partial charge in [0.15, 0.2) is 12.4 Å². The van der Waals surface area contributed by atoms with Crippen molar-refractivity contribution < 1.29 is 36.1 Å². The van der Waals surface area contributed by atoms with E-state index in [1.54, 1.807) is 0 Å². The number of hydrogen-bond acceptors (Lipinski definition) is 7. The Hall–Kier alpha value is -1.02. The Kier molecular flexibility index (Phi) is 17.0. The van der Waals surface area contributed by atoms with Gasteiger partial charge in [-0.1, -0.05) is 83.9 Å². The predicted octanol–water partition coefficient (Wildman–Crippen LogP) is 2.65. The van der Waals surface area contributed by atoms with Gasteiger partial charge in [-0.3, -0.25) is 9.59 Å². The molecule has 0 aliphatic heterocycles. The number of unbranched alkanes of at least 4 members (excludes halogenated alkanes) is 8. The lowest BCUT2D eigenvalue weighted by Gasteiger charge is -2.25. The van der Waals surface area contributed by atoms with Crippen LogP contribution in [0.4, 0.5) is 0 Å². The molecule has 0 aromatic heterocycles. The van der Waals surface area contributed by atoms with Gasteiger partial charge >= 0.3 is 5.97 Å². The molecule has 0 spiro atoms. The number of rotatable bonds is 20. The Bertz CT molecular complexity index is 436. The second-order valence-corrected chi connectivity index (χ2v) is 7.62. The summed E-state index contributed by atoms with van der Waals surface area (Å²) in [4.78, 5) is 22.8. The van der Waals surface area contributed by atoms with Gasteiger partial charge in [-0.05, 0) is 6.42 Å². The minimum atomic E-state index is -1.82. The quantitative estimate of drug-likeness (QED) is 0.136. The van der Waals surface area contributed by atoms with E-state index in [2.05, 4.69) is 6.92 Å². The van der Waals surface area contributed by atoms with Crippen molar-refractivity contribution in [3.63, 3.8) is 0 Å². The van der Waals surface area contributed by atoms with Crippen molar-refractivity contribution in [1.82, 2.24) is 0 Å². The molecule has 4 N–H and O–H groups in total. The number of carbonyl (C=O) groups is 2. The van der Waals surface area contributed by atoms with Crippen LogP contribution in [-0.4, -0.2) is 63.7 Å². The van der Waals surface area contributed by atoms with Crippen LogP contribution in [0.15, 0.2) is 0 Å². The summed E-state index contributed by atoms with van der Waals surface area (Å²) < 4.78 is 12.9. The lowest BCUT2D eigenvalue weighted by Crippen LogP contribution is -2.48. The molecule has 0 aromatic carbocycles. The number of carbonyl (C=O) groups excluding carboxylic acids is 2. The average Bonchev–Trinajstić information content (AvgIpc) is 2.75. The van der Waals surface area contributed by atoms with E-state index in [9.17, 15) is 24.9 Å². The zero-order chi connectivity index (χ0) is 22.8. The smallest absolute Gasteiger partial charge is 0.306 e. The third-order valence-electron chi connectivity index (χ3n) is 4.97. The van der Waals surface area contributed by atoms with Gasteiger partial charge in [0, 0.05) is 7.79 Å². The van der Waals surface area contributed by atoms with Crippen molar-refractivity contribution >= 4 is 12.3 Å². The lowest BCUT2D eigenvalue weighted by atomic mass is 10.0. The molecular weight excluding hydrogens is 376 g/mol. The minimum Gasteiger partial charge on any atom is -0.452 e. The van der Waals surface area contributed by atoms with Gasteiger partial charge in [-0.25, -0.2) is 0 Å². The SMILES string of the molecule is [2H]C(CCCCCCCCCC)CCCCC(=O)O[C@@H](C=O)[C@@H](O)[C@H](O)[C@H](O)CO. The molecule has 0 aliphatic rings. The van der Waals surface area contributed by atoms with Crippen LogP contribution in [0.1, 0.15) is 98.2 Å². The first-order valence-corrected chi connectivity index (χ1v) is 11.1. The Morgan fingerprint density at radius 1 is 0.897 bits per heavy atom.